The summed E-state index contributed by atoms with van der Waals surface area (Å²) in [4.78, 5) is 0. The maximum atomic E-state index is 5.89. The lowest BCUT2D eigenvalue weighted by molar-refractivity contribution is 0.0817. The van der Waals surface area contributed by atoms with Crippen LogP contribution in [0, 0.1) is 12.8 Å². The van der Waals surface area contributed by atoms with Gasteiger partial charge in [0.05, 0.1) is 6.61 Å². The molecule has 0 bridgehead atoms. The molecule has 0 aliphatic rings. The number of nitrogens with two attached hydrogens (primary N) is 1. The highest BCUT2D eigenvalue weighted by molar-refractivity contribution is 5.49. The lowest BCUT2D eigenvalue weighted by Crippen LogP contribution is -2.09. The molecule has 18 heavy (non-hydrogen) atoms. The van der Waals surface area contributed by atoms with Crippen molar-refractivity contribution in [1.82, 2.24) is 0 Å². The van der Waals surface area contributed by atoms with Crippen LogP contribution in [-0.4, -0.2) is 6.61 Å². The average molecular weight is 249 g/mol. The van der Waals surface area contributed by atoms with Crippen molar-refractivity contribution in [3.8, 4) is 0 Å². The first-order valence-corrected chi connectivity index (χ1v) is 7.10. The van der Waals surface area contributed by atoms with Crippen LogP contribution in [0.25, 0.3) is 0 Å². The third kappa shape index (κ3) is 4.69. The second-order valence-corrected chi connectivity index (χ2v) is 5.06. The molecule has 1 atom stereocenters. The Morgan fingerprint density at radius 2 is 2.06 bits per heavy atom. The van der Waals surface area contributed by atoms with Gasteiger partial charge in [-0.1, -0.05) is 45.2 Å². The van der Waals surface area contributed by atoms with Crippen LogP contribution in [0.4, 0.5) is 5.69 Å². The number of benzene rings is 1. The fourth-order valence-corrected chi connectivity index (χ4v) is 2.09. The predicted molar refractivity (Wildman–Crippen MR) is 78.6 cm³/mol. The Balaban J connectivity index is 2.38. The van der Waals surface area contributed by atoms with Crippen molar-refractivity contribution in [3.63, 3.8) is 0 Å². The molecule has 2 nitrogen and oxygen atoms in total. The normalized spacial score (nSPS) is 12.6. The SMILES string of the molecule is CCCCC(CC)COCc1cccc(N)c1C. The lowest BCUT2D eigenvalue weighted by atomic mass is 10.0. The van der Waals surface area contributed by atoms with Gasteiger partial charge in [0.25, 0.3) is 0 Å². The Morgan fingerprint density at radius 3 is 2.72 bits per heavy atom. The van der Waals surface area contributed by atoms with Gasteiger partial charge in [-0.05, 0) is 36.5 Å². The van der Waals surface area contributed by atoms with Crippen LogP contribution < -0.4 is 5.73 Å². The van der Waals surface area contributed by atoms with Crippen LogP contribution in [-0.2, 0) is 11.3 Å². The third-order valence-electron chi connectivity index (χ3n) is 3.64. The number of ether oxygens (including phenoxy) is 1. The minimum atomic E-state index is 0.680. The van der Waals surface area contributed by atoms with Gasteiger partial charge in [0.2, 0.25) is 0 Å². The number of rotatable bonds is 8. The molecule has 0 spiro atoms. The van der Waals surface area contributed by atoms with Crippen molar-refractivity contribution < 1.29 is 4.74 Å². The monoisotopic (exact) mass is 249 g/mol. The van der Waals surface area contributed by atoms with E-state index in [4.69, 9.17) is 10.5 Å². The summed E-state index contributed by atoms with van der Waals surface area (Å²) in [6.07, 6.45) is 5.06. The molecular weight excluding hydrogens is 222 g/mol. The molecule has 1 rings (SSSR count). The molecule has 0 saturated carbocycles. The maximum Gasteiger partial charge on any atom is 0.0720 e. The number of hydrogen-bond acceptors (Lipinski definition) is 2. The average Bonchev–Trinajstić information content (AvgIpc) is 2.38. The second-order valence-electron chi connectivity index (χ2n) is 5.06. The van der Waals surface area contributed by atoms with E-state index in [1.165, 1.54) is 31.2 Å². The van der Waals surface area contributed by atoms with E-state index < -0.39 is 0 Å². The van der Waals surface area contributed by atoms with Gasteiger partial charge in [-0.2, -0.15) is 0 Å². The summed E-state index contributed by atoms with van der Waals surface area (Å²) in [6, 6.07) is 6.03. The van der Waals surface area contributed by atoms with Gasteiger partial charge in [-0.25, -0.2) is 0 Å². The first kappa shape index (κ1) is 15.0. The Morgan fingerprint density at radius 1 is 1.28 bits per heavy atom. The van der Waals surface area contributed by atoms with E-state index in [1.807, 2.05) is 12.1 Å². The largest absolute Gasteiger partial charge is 0.399 e. The van der Waals surface area contributed by atoms with Gasteiger partial charge >= 0.3 is 0 Å². The minimum Gasteiger partial charge on any atom is -0.399 e. The second kappa shape index (κ2) is 8.15. The van der Waals surface area contributed by atoms with Crippen molar-refractivity contribution in [3.05, 3.63) is 29.3 Å². The molecule has 2 heteroatoms. The molecule has 2 N–H and O–H groups in total. The van der Waals surface area contributed by atoms with Crippen molar-refractivity contribution in [1.29, 1.82) is 0 Å². The van der Waals surface area contributed by atoms with Gasteiger partial charge in [0, 0.05) is 12.3 Å². The van der Waals surface area contributed by atoms with E-state index in [1.54, 1.807) is 0 Å². The number of anilines is 1. The van der Waals surface area contributed by atoms with Crippen LogP contribution in [0.15, 0.2) is 18.2 Å². The molecule has 0 saturated heterocycles. The Hall–Kier alpha value is -1.02. The number of hydrogen-bond donors (Lipinski definition) is 1. The van der Waals surface area contributed by atoms with Gasteiger partial charge in [0.15, 0.2) is 0 Å². The maximum absolute atomic E-state index is 5.89. The predicted octanol–water partition coefficient (Wildman–Crippen LogP) is 4.31. The molecule has 1 aromatic rings. The Labute approximate surface area is 112 Å². The van der Waals surface area contributed by atoms with E-state index in [2.05, 4.69) is 26.8 Å². The zero-order valence-electron chi connectivity index (χ0n) is 12.0. The van der Waals surface area contributed by atoms with Crippen LogP contribution in [0.1, 0.15) is 50.7 Å². The standard InChI is InChI=1S/C16H27NO/c1-4-6-8-14(5-2)11-18-12-15-9-7-10-16(17)13(15)3/h7,9-10,14H,4-6,8,11-12,17H2,1-3H3. The number of nitrogen functional groups attached to an aromatic ring is 1. The first-order chi connectivity index (χ1) is 8.69. The van der Waals surface area contributed by atoms with Crippen molar-refractivity contribution in [2.24, 2.45) is 5.92 Å². The molecule has 0 radical (unpaired) electrons. The molecule has 1 aromatic carbocycles. The fraction of sp³-hybridized carbons (Fsp3) is 0.625. The quantitative estimate of drug-likeness (QED) is 0.697. The molecule has 0 aliphatic carbocycles. The van der Waals surface area contributed by atoms with Gasteiger partial charge in [0.1, 0.15) is 0 Å². The van der Waals surface area contributed by atoms with Crippen LogP contribution in [0.3, 0.4) is 0 Å². The minimum absolute atomic E-state index is 0.680. The first-order valence-electron chi connectivity index (χ1n) is 7.10. The molecule has 0 heterocycles. The molecule has 0 aromatic heterocycles. The fourth-order valence-electron chi connectivity index (χ4n) is 2.09. The highest BCUT2D eigenvalue weighted by Crippen LogP contribution is 2.18. The highest BCUT2D eigenvalue weighted by atomic mass is 16.5. The topological polar surface area (TPSA) is 35.2 Å². The summed E-state index contributed by atoms with van der Waals surface area (Å²) in [7, 11) is 0. The summed E-state index contributed by atoms with van der Waals surface area (Å²) in [5, 5.41) is 0. The lowest BCUT2D eigenvalue weighted by Gasteiger charge is -2.15. The zero-order chi connectivity index (χ0) is 13.4. The van der Waals surface area contributed by atoms with Crippen LogP contribution in [0.5, 0.6) is 0 Å². The van der Waals surface area contributed by atoms with E-state index in [0.29, 0.717) is 12.5 Å². The molecule has 0 amide bonds. The van der Waals surface area contributed by atoms with Crippen molar-refractivity contribution >= 4 is 5.69 Å². The molecule has 102 valence electrons. The zero-order valence-corrected chi connectivity index (χ0v) is 12.0. The van der Waals surface area contributed by atoms with E-state index in [-0.39, 0.29) is 0 Å². The van der Waals surface area contributed by atoms with Gasteiger partial charge in [-0.3, -0.25) is 0 Å². The third-order valence-corrected chi connectivity index (χ3v) is 3.64. The smallest absolute Gasteiger partial charge is 0.0720 e. The molecular formula is C16H27NO. The highest BCUT2D eigenvalue weighted by Gasteiger charge is 2.07. The number of unbranched alkanes of at least 4 members (excludes halogenated alkanes) is 1. The van der Waals surface area contributed by atoms with Crippen molar-refractivity contribution in [2.75, 3.05) is 12.3 Å². The van der Waals surface area contributed by atoms with Crippen LogP contribution >= 0.6 is 0 Å². The van der Waals surface area contributed by atoms with E-state index in [0.717, 1.165) is 17.9 Å². The summed E-state index contributed by atoms with van der Waals surface area (Å²) in [6.45, 7) is 8.09. The molecule has 0 fully saturated rings. The Kier molecular flexibility index (Phi) is 6.81. The summed E-state index contributed by atoms with van der Waals surface area (Å²) >= 11 is 0. The molecule has 1 unspecified atom stereocenters. The van der Waals surface area contributed by atoms with Gasteiger partial charge in [-0.15, -0.1) is 0 Å². The van der Waals surface area contributed by atoms with Crippen LogP contribution in [0.2, 0.25) is 0 Å². The van der Waals surface area contributed by atoms with E-state index >= 15 is 0 Å². The summed E-state index contributed by atoms with van der Waals surface area (Å²) in [5.74, 6) is 0.700. The summed E-state index contributed by atoms with van der Waals surface area (Å²) < 4.78 is 5.85. The van der Waals surface area contributed by atoms with Crippen molar-refractivity contribution in [2.45, 2.75) is 53.1 Å². The van der Waals surface area contributed by atoms with Gasteiger partial charge < -0.3 is 10.5 Å². The Bertz CT molecular complexity index is 349. The summed E-state index contributed by atoms with van der Waals surface area (Å²) in [5.41, 5.74) is 9.10. The molecule has 0 aliphatic heterocycles. The van der Waals surface area contributed by atoms with E-state index in [9.17, 15) is 0 Å².